The molecule has 1 aliphatic carbocycles. The number of nitrogens with one attached hydrogen (secondary N) is 2. The third-order valence-corrected chi connectivity index (χ3v) is 6.54. The highest BCUT2D eigenvalue weighted by molar-refractivity contribution is 5.91. The van der Waals surface area contributed by atoms with Crippen molar-refractivity contribution in [2.45, 2.75) is 57.7 Å². The molecule has 1 fully saturated rings. The van der Waals surface area contributed by atoms with E-state index in [1.807, 2.05) is 0 Å². The average molecular weight is 515 g/mol. The number of rotatable bonds is 9. The van der Waals surface area contributed by atoms with Crippen LogP contribution in [0.3, 0.4) is 0 Å². The van der Waals surface area contributed by atoms with Crippen molar-refractivity contribution in [1.82, 2.24) is 0 Å². The third-order valence-electron chi connectivity index (χ3n) is 6.54. The molecular weight excluding hydrogens is 484 g/mol. The highest BCUT2D eigenvalue weighted by atomic mass is 19.4. The molecule has 4 rings (SSSR count). The second-order valence-electron chi connectivity index (χ2n) is 9.42. The van der Waals surface area contributed by atoms with Gasteiger partial charge in [-0.1, -0.05) is 50.3 Å². The normalized spacial score (nSPS) is 14.3. The van der Waals surface area contributed by atoms with Gasteiger partial charge in [0.25, 0.3) is 0 Å². The number of benzene rings is 3. The first-order valence-electron chi connectivity index (χ1n) is 12.5. The van der Waals surface area contributed by atoms with Crippen LogP contribution in [0.4, 0.5) is 34.6 Å². The number of carbonyl (C=O) groups excluding carboxylic acids is 1. The van der Waals surface area contributed by atoms with E-state index in [9.17, 15) is 22.4 Å². The van der Waals surface area contributed by atoms with E-state index in [0.29, 0.717) is 29.3 Å². The van der Waals surface area contributed by atoms with Gasteiger partial charge < -0.3 is 15.4 Å². The van der Waals surface area contributed by atoms with Crippen LogP contribution in [0.5, 0.6) is 5.75 Å². The number of halogens is 4. The fourth-order valence-electron chi connectivity index (χ4n) is 4.57. The SMILES string of the molecule is O=C(CCC1CCCCC1)Nc1cccc(Nc2ccc(OCc3ccc(F)cc3)cc2C(F)(F)F)c1. The summed E-state index contributed by atoms with van der Waals surface area (Å²) in [7, 11) is 0. The van der Waals surface area contributed by atoms with Crippen molar-refractivity contribution in [2.75, 3.05) is 10.6 Å². The molecule has 1 saturated carbocycles. The van der Waals surface area contributed by atoms with Gasteiger partial charge in [-0.05, 0) is 66.4 Å². The molecule has 1 aliphatic rings. The van der Waals surface area contributed by atoms with Gasteiger partial charge in [0.05, 0.1) is 11.3 Å². The lowest BCUT2D eigenvalue weighted by molar-refractivity contribution is -0.137. The fraction of sp³-hybridized carbons (Fsp3) is 0.345. The lowest BCUT2D eigenvalue weighted by Crippen LogP contribution is -2.15. The molecule has 0 saturated heterocycles. The molecule has 1 amide bonds. The van der Waals surface area contributed by atoms with Crippen LogP contribution in [-0.2, 0) is 17.6 Å². The van der Waals surface area contributed by atoms with Gasteiger partial charge >= 0.3 is 6.18 Å². The van der Waals surface area contributed by atoms with E-state index in [1.54, 1.807) is 24.3 Å². The van der Waals surface area contributed by atoms with E-state index >= 15 is 0 Å². The molecule has 0 aromatic heterocycles. The minimum Gasteiger partial charge on any atom is -0.489 e. The van der Waals surface area contributed by atoms with Crippen LogP contribution in [0.2, 0.25) is 0 Å². The van der Waals surface area contributed by atoms with E-state index in [2.05, 4.69) is 10.6 Å². The molecule has 8 heteroatoms. The summed E-state index contributed by atoms with van der Waals surface area (Å²) in [5.41, 5.74) is 0.546. The molecule has 37 heavy (non-hydrogen) atoms. The Morgan fingerprint density at radius 2 is 1.65 bits per heavy atom. The topological polar surface area (TPSA) is 50.4 Å². The molecule has 0 heterocycles. The Morgan fingerprint density at radius 1 is 0.919 bits per heavy atom. The van der Waals surface area contributed by atoms with E-state index in [0.717, 1.165) is 12.5 Å². The van der Waals surface area contributed by atoms with Crippen molar-refractivity contribution in [3.8, 4) is 5.75 Å². The minimum absolute atomic E-state index is 0.00679. The second-order valence-corrected chi connectivity index (χ2v) is 9.42. The van der Waals surface area contributed by atoms with E-state index in [4.69, 9.17) is 4.74 Å². The fourth-order valence-corrected chi connectivity index (χ4v) is 4.57. The summed E-state index contributed by atoms with van der Waals surface area (Å²) < 4.78 is 60.1. The maximum absolute atomic E-state index is 13.8. The van der Waals surface area contributed by atoms with Crippen LogP contribution < -0.4 is 15.4 Å². The zero-order chi connectivity index (χ0) is 26.3. The van der Waals surface area contributed by atoms with Gasteiger partial charge in [0, 0.05) is 17.8 Å². The highest BCUT2D eigenvalue weighted by Gasteiger charge is 2.34. The Hall–Kier alpha value is -3.55. The van der Waals surface area contributed by atoms with Crippen LogP contribution >= 0.6 is 0 Å². The molecule has 3 aromatic carbocycles. The lowest BCUT2D eigenvalue weighted by Gasteiger charge is -2.21. The molecule has 4 nitrogen and oxygen atoms in total. The minimum atomic E-state index is -4.62. The Labute approximate surface area is 214 Å². The molecular formula is C29H30F4N2O2. The van der Waals surface area contributed by atoms with Gasteiger partial charge in [-0.2, -0.15) is 13.2 Å². The summed E-state index contributed by atoms with van der Waals surface area (Å²) in [4.78, 5) is 12.4. The van der Waals surface area contributed by atoms with Crippen molar-refractivity contribution < 1.29 is 27.1 Å². The van der Waals surface area contributed by atoms with Crippen LogP contribution in [-0.4, -0.2) is 5.91 Å². The zero-order valence-corrected chi connectivity index (χ0v) is 20.4. The Bertz CT molecular complexity index is 1190. The first kappa shape index (κ1) is 26.5. The summed E-state index contributed by atoms with van der Waals surface area (Å²) in [6.07, 6.45) is 2.72. The number of ether oxygens (including phenoxy) is 1. The van der Waals surface area contributed by atoms with Gasteiger partial charge in [0.1, 0.15) is 18.2 Å². The molecule has 2 N–H and O–H groups in total. The maximum Gasteiger partial charge on any atom is 0.418 e. The summed E-state index contributed by atoms with van der Waals surface area (Å²) in [6, 6.07) is 15.9. The van der Waals surface area contributed by atoms with Crippen molar-refractivity contribution in [2.24, 2.45) is 5.92 Å². The summed E-state index contributed by atoms with van der Waals surface area (Å²) in [5.74, 6) is 0.139. The number of hydrogen-bond donors (Lipinski definition) is 2. The van der Waals surface area contributed by atoms with Gasteiger partial charge in [-0.15, -0.1) is 0 Å². The number of alkyl halides is 3. The van der Waals surface area contributed by atoms with E-state index in [-0.39, 0.29) is 24.0 Å². The summed E-state index contributed by atoms with van der Waals surface area (Å²) >= 11 is 0. The largest absolute Gasteiger partial charge is 0.489 e. The van der Waals surface area contributed by atoms with Gasteiger partial charge in [-0.3, -0.25) is 4.79 Å². The van der Waals surface area contributed by atoms with Crippen molar-refractivity contribution in [1.29, 1.82) is 0 Å². The number of carbonyl (C=O) groups is 1. The van der Waals surface area contributed by atoms with Crippen LogP contribution in [0.15, 0.2) is 66.7 Å². The Morgan fingerprint density at radius 3 is 2.38 bits per heavy atom. The van der Waals surface area contributed by atoms with Crippen LogP contribution in [0.25, 0.3) is 0 Å². The molecule has 0 bridgehead atoms. The molecule has 0 radical (unpaired) electrons. The predicted octanol–water partition coefficient (Wildman–Crippen LogP) is 8.47. The van der Waals surface area contributed by atoms with E-state index in [1.165, 1.54) is 68.5 Å². The van der Waals surface area contributed by atoms with Crippen molar-refractivity contribution in [3.05, 3.63) is 83.7 Å². The second kappa shape index (κ2) is 12.1. The maximum atomic E-state index is 13.8. The summed E-state index contributed by atoms with van der Waals surface area (Å²) in [5, 5.41) is 5.67. The Balaban J connectivity index is 1.40. The highest BCUT2D eigenvalue weighted by Crippen LogP contribution is 2.38. The monoisotopic (exact) mass is 514 g/mol. The molecule has 0 unspecified atom stereocenters. The van der Waals surface area contributed by atoms with Gasteiger partial charge in [0.15, 0.2) is 0 Å². The van der Waals surface area contributed by atoms with Crippen LogP contribution in [0.1, 0.15) is 56.1 Å². The first-order chi connectivity index (χ1) is 17.8. The average Bonchev–Trinajstić information content (AvgIpc) is 2.88. The standard InChI is InChI=1S/C29H30F4N2O2/c30-22-12-9-21(10-13-22)19-37-25-14-15-27(26(18-25)29(31,32)33)34-23-7-4-8-24(17-23)35-28(36)16-11-20-5-2-1-3-6-20/h4,7-10,12-15,17-18,20,34H,1-3,5-6,11,16,19H2,(H,35,36). The molecule has 0 atom stereocenters. The third kappa shape index (κ3) is 7.97. The number of amides is 1. The smallest absolute Gasteiger partial charge is 0.418 e. The predicted molar refractivity (Wildman–Crippen MR) is 136 cm³/mol. The number of anilines is 3. The first-order valence-corrected chi connectivity index (χ1v) is 12.5. The quantitative estimate of drug-likeness (QED) is 0.282. The molecule has 0 aliphatic heterocycles. The Kier molecular flexibility index (Phi) is 8.69. The molecule has 196 valence electrons. The summed E-state index contributed by atoms with van der Waals surface area (Å²) in [6.45, 7) is 0.00679. The lowest BCUT2D eigenvalue weighted by atomic mass is 9.86. The number of hydrogen-bond acceptors (Lipinski definition) is 3. The van der Waals surface area contributed by atoms with E-state index < -0.39 is 17.6 Å². The van der Waals surface area contributed by atoms with Crippen molar-refractivity contribution in [3.63, 3.8) is 0 Å². The van der Waals surface area contributed by atoms with Crippen LogP contribution in [0, 0.1) is 11.7 Å². The molecule has 3 aromatic rings. The van der Waals surface area contributed by atoms with Gasteiger partial charge in [0.2, 0.25) is 5.91 Å². The van der Waals surface area contributed by atoms with Crippen molar-refractivity contribution >= 4 is 23.0 Å². The zero-order valence-electron chi connectivity index (χ0n) is 20.4. The van der Waals surface area contributed by atoms with Gasteiger partial charge in [-0.25, -0.2) is 4.39 Å². The molecule has 0 spiro atoms.